The van der Waals surface area contributed by atoms with Crippen molar-refractivity contribution in [3.8, 4) is 45.1 Å². The predicted molar refractivity (Wildman–Crippen MR) is 121 cm³/mol. The molecule has 0 saturated heterocycles. The molecule has 0 bridgehead atoms. The Labute approximate surface area is 177 Å². The molecule has 0 aliphatic carbocycles. The third-order valence-electron chi connectivity index (χ3n) is 5.20. The molecule has 2 aromatic heterocycles. The van der Waals surface area contributed by atoms with Gasteiger partial charge in [0, 0.05) is 22.5 Å². The number of hydrogen-bond acceptors (Lipinski definition) is 4. The molecule has 30 heavy (non-hydrogen) atoms. The van der Waals surface area contributed by atoms with Gasteiger partial charge in [0.05, 0.1) is 25.6 Å². The summed E-state index contributed by atoms with van der Waals surface area (Å²) in [5, 5.41) is 0. The van der Waals surface area contributed by atoms with Gasteiger partial charge in [0.2, 0.25) is 0 Å². The van der Waals surface area contributed by atoms with Gasteiger partial charge >= 0.3 is 0 Å². The van der Waals surface area contributed by atoms with E-state index in [1.807, 2.05) is 62.4 Å². The minimum absolute atomic E-state index is 0.835. The highest BCUT2D eigenvalue weighted by Crippen LogP contribution is 2.30. The Morgan fingerprint density at radius 1 is 0.567 bits per heavy atom. The van der Waals surface area contributed by atoms with E-state index < -0.39 is 0 Å². The summed E-state index contributed by atoms with van der Waals surface area (Å²) in [6.07, 6.45) is 0. The van der Waals surface area contributed by atoms with Crippen molar-refractivity contribution in [2.45, 2.75) is 13.8 Å². The molecule has 0 aliphatic heterocycles. The maximum Gasteiger partial charge on any atom is 0.119 e. The second kappa shape index (κ2) is 8.37. The maximum absolute atomic E-state index is 5.35. The van der Waals surface area contributed by atoms with Gasteiger partial charge in [-0.15, -0.1) is 0 Å². The highest BCUT2D eigenvalue weighted by molar-refractivity contribution is 5.72. The van der Waals surface area contributed by atoms with Gasteiger partial charge in [0.15, 0.2) is 0 Å². The molecule has 0 saturated carbocycles. The zero-order valence-electron chi connectivity index (χ0n) is 17.6. The second-order valence-corrected chi connectivity index (χ2v) is 7.12. The molecule has 150 valence electrons. The van der Waals surface area contributed by atoms with Crippen LogP contribution >= 0.6 is 0 Å². The van der Waals surface area contributed by atoms with Gasteiger partial charge in [-0.3, -0.25) is 9.97 Å². The molecular weight excluding hydrogens is 372 g/mol. The number of rotatable bonds is 5. The number of aryl methyl sites for hydroxylation is 2. The highest BCUT2D eigenvalue weighted by Gasteiger charge is 2.11. The summed E-state index contributed by atoms with van der Waals surface area (Å²) in [5.74, 6) is 1.67. The van der Waals surface area contributed by atoms with Gasteiger partial charge in [-0.1, -0.05) is 36.4 Å². The van der Waals surface area contributed by atoms with Crippen LogP contribution in [0.4, 0.5) is 0 Å². The molecule has 4 nitrogen and oxygen atoms in total. The molecule has 0 radical (unpaired) electrons. The van der Waals surface area contributed by atoms with Gasteiger partial charge in [0.1, 0.15) is 11.5 Å². The topological polar surface area (TPSA) is 44.2 Å². The molecule has 2 heterocycles. The molecule has 2 aromatic carbocycles. The molecule has 0 fully saturated rings. The molecule has 0 aliphatic rings. The first kappa shape index (κ1) is 19.6. The average Bonchev–Trinajstić information content (AvgIpc) is 2.79. The predicted octanol–water partition coefficient (Wildman–Crippen LogP) is 6.11. The van der Waals surface area contributed by atoms with Crippen LogP contribution in [-0.2, 0) is 0 Å². The first-order chi connectivity index (χ1) is 14.6. The van der Waals surface area contributed by atoms with Gasteiger partial charge in [-0.05, 0) is 61.4 Å². The minimum atomic E-state index is 0.835. The molecule has 0 atom stereocenters. The Morgan fingerprint density at radius 3 is 1.37 bits per heavy atom. The summed E-state index contributed by atoms with van der Waals surface area (Å²) in [4.78, 5) is 9.65. The fourth-order valence-corrected chi connectivity index (χ4v) is 3.60. The summed E-state index contributed by atoms with van der Waals surface area (Å²) < 4.78 is 10.7. The lowest BCUT2D eigenvalue weighted by Crippen LogP contribution is -1.96. The zero-order chi connectivity index (χ0) is 21.1. The van der Waals surface area contributed by atoms with Crippen molar-refractivity contribution in [2.24, 2.45) is 0 Å². The minimum Gasteiger partial charge on any atom is -0.497 e. The van der Waals surface area contributed by atoms with E-state index in [-0.39, 0.29) is 0 Å². The summed E-state index contributed by atoms with van der Waals surface area (Å²) in [6, 6.07) is 24.3. The summed E-state index contributed by atoms with van der Waals surface area (Å²) in [6.45, 7) is 4.05. The lowest BCUT2D eigenvalue weighted by Gasteiger charge is -2.11. The smallest absolute Gasteiger partial charge is 0.119 e. The average molecular weight is 396 g/mol. The van der Waals surface area contributed by atoms with Crippen LogP contribution in [0.2, 0.25) is 0 Å². The Bertz CT molecular complexity index is 1110. The Morgan fingerprint density at radius 2 is 1.00 bits per heavy atom. The molecular formula is C26H24N2O2. The van der Waals surface area contributed by atoms with Gasteiger partial charge in [0.25, 0.3) is 0 Å². The molecule has 0 N–H and O–H groups in total. The van der Waals surface area contributed by atoms with E-state index in [0.29, 0.717) is 0 Å². The van der Waals surface area contributed by atoms with Crippen molar-refractivity contribution in [1.82, 2.24) is 9.97 Å². The largest absolute Gasteiger partial charge is 0.497 e. The number of nitrogens with zero attached hydrogens (tertiary/aromatic N) is 2. The summed E-state index contributed by atoms with van der Waals surface area (Å²) in [5.41, 5.74) is 7.98. The van der Waals surface area contributed by atoms with Crippen molar-refractivity contribution < 1.29 is 9.47 Å². The standard InChI is InChI=1S/C26H24N2O2/c1-17-23(19-7-5-9-21(15-19)29-3)11-13-25(27-17)26-14-12-24(18(2)28-26)20-8-6-10-22(16-20)30-4/h5-16H,1-4H3. The number of pyridine rings is 2. The van der Waals surface area contributed by atoms with E-state index in [1.54, 1.807) is 14.2 Å². The second-order valence-electron chi connectivity index (χ2n) is 7.12. The molecule has 4 aromatic rings. The van der Waals surface area contributed by atoms with Crippen molar-refractivity contribution in [1.29, 1.82) is 0 Å². The van der Waals surface area contributed by atoms with Gasteiger partial charge < -0.3 is 9.47 Å². The molecule has 0 amide bonds. The van der Waals surface area contributed by atoms with Crippen LogP contribution in [0.3, 0.4) is 0 Å². The van der Waals surface area contributed by atoms with Crippen LogP contribution < -0.4 is 9.47 Å². The maximum atomic E-state index is 5.35. The zero-order valence-corrected chi connectivity index (χ0v) is 17.6. The van der Waals surface area contributed by atoms with Crippen LogP contribution in [0.1, 0.15) is 11.4 Å². The fraction of sp³-hybridized carbons (Fsp3) is 0.154. The van der Waals surface area contributed by atoms with E-state index in [2.05, 4.69) is 24.3 Å². The molecule has 4 rings (SSSR count). The highest BCUT2D eigenvalue weighted by atomic mass is 16.5. The monoisotopic (exact) mass is 396 g/mol. The van der Waals surface area contributed by atoms with E-state index in [9.17, 15) is 0 Å². The van der Waals surface area contributed by atoms with Crippen LogP contribution in [0.15, 0.2) is 72.8 Å². The van der Waals surface area contributed by atoms with Crippen molar-refractivity contribution >= 4 is 0 Å². The van der Waals surface area contributed by atoms with Crippen molar-refractivity contribution in [3.63, 3.8) is 0 Å². The third-order valence-corrected chi connectivity index (χ3v) is 5.20. The Balaban J connectivity index is 1.67. The summed E-state index contributed by atoms with van der Waals surface area (Å²) in [7, 11) is 3.35. The number of benzene rings is 2. The quantitative estimate of drug-likeness (QED) is 0.408. The lowest BCUT2D eigenvalue weighted by atomic mass is 10.0. The first-order valence-electron chi connectivity index (χ1n) is 9.83. The number of methoxy groups -OCH3 is 2. The number of aromatic nitrogens is 2. The van der Waals surface area contributed by atoms with Crippen LogP contribution in [0.25, 0.3) is 33.6 Å². The number of hydrogen-bond donors (Lipinski definition) is 0. The van der Waals surface area contributed by atoms with Crippen molar-refractivity contribution in [2.75, 3.05) is 14.2 Å². The summed E-state index contributed by atoms with van der Waals surface area (Å²) >= 11 is 0. The van der Waals surface area contributed by atoms with E-state index >= 15 is 0 Å². The number of ether oxygens (including phenoxy) is 2. The fourth-order valence-electron chi connectivity index (χ4n) is 3.60. The molecule has 0 spiro atoms. The lowest BCUT2D eigenvalue weighted by molar-refractivity contribution is 0.415. The van der Waals surface area contributed by atoms with Crippen LogP contribution in [-0.4, -0.2) is 24.2 Å². The Hall–Kier alpha value is -3.66. The van der Waals surface area contributed by atoms with E-state index in [0.717, 1.165) is 56.5 Å². The van der Waals surface area contributed by atoms with Gasteiger partial charge in [-0.2, -0.15) is 0 Å². The van der Waals surface area contributed by atoms with Gasteiger partial charge in [-0.25, -0.2) is 0 Å². The third kappa shape index (κ3) is 3.90. The SMILES string of the molecule is COc1cccc(-c2ccc(-c3ccc(-c4cccc(OC)c4)c(C)n3)nc2C)c1. The van der Waals surface area contributed by atoms with Crippen molar-refractivity contribution in [3.05, 3.63) is 84.2 Å². The van der Waals surface area contributed by atoms with Crippen LogP contribution in [0.5, 0.6) is 11.5 Å². The molecule has 4 heteroatoms. The normalized spacial score (nSPS) is 10.7. The van der Waals surface area contributed by atoms with E-state index in [1.165, 1.54) is 0 Å². The molecule has 0 unspecified atom stereocenters. The van der Waals surface area contributed by atoms with E-state index in [4.69, 9.17) is 19.4 Å². The first-order valence-corrected chi connectivity index (χ1v) is 9.83. The van der Waals surface area contributed by atoms with Crippen LogP contribution in [0, 0.1) is 13.8 Å². The Kier molecular flexibility index (Phi) is 5.48.